The van der Waals surface area contributed by atoms with E-state index in [2.05, 4.69) is 21.2 Å². The molecule has 0 saturated carbocycles. The van der Waals surface area contributed by atoms with Crippen LogP contribution < -0.4 is 5.32 Å². The summed E-state index contributed by atoms with van der Waals surface area (Å²) in [5.74, 6) is -0.0153. The first-order valence-corrected chi connectivity index (χ1v) is 7.96. The van der Waals surface area contributed by atoms with Crippen molar-refractivity contribution in [2.24, 2.45) is 0 Å². The number of nitrogens with one attached hydrogen (secondary N) is 1. The van der Waals surface area contributed by atoms with Gasteiger partial charge in [-0.1, -0.05) is 23.7 Å². The molecule has 2 aromatic rings. The fraction of sp³-hybridized carbons (Fsp3) is 0.214. The van der Waals surface area contributed by atoms with Gasteiger partial charge in [0.15, 0.2) is 0 Å². The minimum absolute atomic E-state index is 0.0153. The fourth-order valence-corrected chi connectivity index (χ4v) is 3.46. The lowest BCUT2D eigenvalue weighted by molar-refractivity contribution is 0.0828. The number of hydrogen-bond acceptors (Lipinski definition) is 3. The summed E-state index contributed by atoms with van der Waals surface area (Å²) in [6.45, 7) is 0.633. The summed E-state index contributed by atoms with van der Waals surface area (Å²) in [5.41, 5.74) is 1.49. The maximum absolute atomic E-state index is 12.1. The Balaban J connectivity index is 2.15. The molecule has 1 aromatic carbocycles. The Labute approximate surface area is 135 Å². The predicted octanol–water partition coefficient (Wildman–Crippen LogP) is 4.48. The summed E-state index contributed by atoms with van der Waals surface area (Å²) >= 11 is 10.9. The van der Waals surface area contributed by atoms with E-state index in [9.17, 15) is 4.79 Å². The summed E-state index contributed by atoms with van der Waals surface area (Å²) < 4.78 is 1.64. The molecule has 1 N–H and O–H groups in total. The van der Waals surface area contributed by atoms with Gasteiger partial charge in [-0.15, -0.1) is 11.3 Å². The number of hydrogen-bond donors (Lipinski definition) is 1. The van der Waals surface area contributed by atoms with E-state index in [0.717, 1.165) is 19.4 Å². The van der Waals surface area contributed by atoms with Gasteiger partial charge in [-0.3, -0.25) is 4.79 Å². The van der Waals surface area contributed by atoms with Gasteiger partial charge in [-0.05, 0) is 34.1 Å². The van der Waals surface area contributed by atoms with Gasteiger partial charge in [0.25, 0.3) is 5.91 Å². The third kappa shape index (κ3) is 3.53. The monoisotopic (exact) mass is 372 g/mol. The van der Waals surface area contributed by atoms with Gasteiger partial charge in [0.2, 0.25) is 0 Å². The third-order valence-corrected chi connectivity index (χ3v) is 5.19. The van der Waals surface area contributed by atoms with Crippen LogP contribution in [0.3, 0.4) is 0 Å². The quantitative estimate of drug-likeness (QED) is 0.857. The molecule has 0 radical (unpaired) electrons. The van der Waals surface area contributed by atoms with Gasteiger partial charge in [0, 0.05) is 35.7 Å². The van der Waals surface area contributed by atoms with Crippen LogP contribution in [0.25, 0.3) is 0 Å². The average molecular weight is 374 g/mol. The Morgan fingerprint density at radius 2 is 2.10 bits per heavy atom. The van der Waals surface area contributed by atoms with Crippen molar-refractivity contribution in [1.29, 1.82) is 0 Å². The van der Waals surface area contributed by atoms with Crippen molar-refractivity contribution in [3.05, 3.63) is 49.6 Å². The lowest BCUT2D eigenvalue weighted by Gasteiger charge is -2.14. The average Bonchev–Trinajstić information content (AvgIpc) is 2.75. The number of rotatable bonds is 4. The maximum atomic E-state index is 12.1. The van der Waals surface area contributed by atoms with Crippen molar-refractivity contribution >= 4 is 50.5 Å². The number of para-hydroxylation sites is 1. The summed E-state index contributed by atoms with van der Waals surface area (Å²) in [4.78, 5) is 14.8. The zero-order chi connectivity index (χ0) is 14.7. The van der Waals surface area contributed by atoms with Crippen LogP contribution in [0.1, 0.15) is 15.2 Å². The maximum Gasteiger partial charge on any atom is 0.255 e. The molecule has 0 aliphatic carbocycles. The number of carbonyl (C=O) groups is 1. The zero-order valence-electron chi connectivity index (χ0n) is 11.1. The lowest BCUT2D eigenvalue weighted by Crippen LogP contribution is -2.22. The van der Waals surface area contributed by atoms with Gasteiger partial charge in [-0.2, -0.15) is 0 Å². The molecule has 106 valence electrons. The van der Waals surface area contributed by atoms with Gasteiger partial charge < -0.3 is 10.2 Å². The number of nitrogens with zero attached hydrogens (tertiary/aromatic N) is 1. The van der Waals surface area contributed by atoms with E-state index in [-0.39, 0.29) is 5.91 Å². The Morgan fingerprint density at radius 1 is 1.40 bits per heavy atom. The smallest absolute Gasteiger partial charge is 0.255 e. The van der Waals surface area contributed by atoms with Crippen molar-refractivity contribution in [2.45, 2.75) is 6.54 Å². The Bertz CT molecular complexity index is 608. The molecule has 0 unspecified atom stereocenters. The highest BCUT2D eigenvalue weighted by Crippen LogP contribution is 2.32. The van der Waals surface area contributed by atoms with Crippen LogP contribution in [0.2, 0.25) is 4.34 Å². The van der Waals surface area contributed by atoms with Crippen molar-refractivity contribution in [2.75, 3.05) is 19.4 Å². The molecule has 0 bridgehead atoms. The molecule has 2 rings (SSSR count). The normalized spacial score (nSPS) is 10.4. The number of halogens is 2. The summed E-state index contributed by atoms with van der Waals surface area (Å²) in [6.07, 6.45) is 0. The number of amides is 1. The molecule has 0 aliphatic rings. The van der Waals surface area contributed by atoms with E-state index in [1.807, 2.05) is 30.3 Å². The van der Waals surface area contributed by atoms with Crippen LogP contribution in [-0.4, -0.2) is 24.9 Å². The summed E-state index contributed by atoms with van der Waals surface area (Å²) in [5, 5.41) is 3.29. The van der Waals surface area contributed by atoms with E-state index >= 15 is 0 Å². The molecular formula is C14H14BrClN2OS. The fourth-order valence-electron chi connectivity index (χ4n) is 1.73. The van der Waals surface area contributed by atoms with Crippen LogP contribution in [0, 0.1) is 0 Å². The molecule has 0 atom stereocenters. The van der Waals surface area contributed by atoms with E-state index in [1.165, 1.54) is 11.3 Å². The van der Waals surface area contributed by atoms with Crippen molar-refractivity contribution in [3.8, 4) is 0 Å². The largest absolute Gasteiger partial charge is 0.380 e. The molecule has 1 heterocycles. The molecule has 1 aromatic heterocycles. The summed E-state index contributed by atoms with van der Waals surface area (Å²) in [7, 11) is 3.49. The van der Waals surface area contributed by atoms with Crippen molar-refractivity contribution < 1.29 is 4.79 Å². The van der Waals surface area contributed by atoms with Gasteiger partial charge >= 0.3 is 0 Å². The first-order chi connectivity index (χ1) is 9.49. The number of anilines is 1. The van der Waals surface area contributed by atoms with Gasteiger partial charge in [0.1, 0.15) is 4.34 Å². The Kier molecular flexibility index (Phi) is 5.07. The Morgan fingerprint density at radius 3 is 2.70 bits per heavy atom. The molecule has 3 nitrogen and oxygen atoms in total. The first kappa shape index (κ1) is 15.4. The lowest BCUT2D eigenvalue weighted by atomic mass is 10.1. The standard InChI is InChI=1S/C14H14BrClN2OS/c1-18(2)14(19)10-5-3-4-6-12(10)17-8-9-7-11(15)13(16)20-9/h3-7,17H,8H2,1-2H3. The molecule has 20 heavy (non-hydrogen) atoms. The van der Waals surface area contributed by atoms with Crippen molar-refractivity contribution in [1.82, 2.24) is 4.90 Å². The Hall–Kier alpha value is -1.04. The van der Waals surface area contributed by atoms with Crippen LogP contribution >= 0.6 is 38.9 Å². The topological polar surface area (TPSA) is 32.3 Å². The minimum atomic E-state index is -0.0153. The molecular weight excluding hydrogens is 360 g/mol. The van der Waals surface area contributed by atoms with E-state index in [4.69, 9.17) is 11.6 Å². The number of thiophene rings is 1. The van der Waals surface area contributed by atoms with Gasteiger partial charge in [0.05, 0.1) is 5.56 Å². The van der Waals surface area contributed by atoms with Crippen LogP contribution in [0.15, 0.2) is 34.8 Å². The second-order valence-corrected chi connectivity index (χ2v) is 7.03. The van der Waals surface area contributed by atoms with Crippen molar-refractivity contribution in [3.63, 3.8) is 0 Å². The highest BCUT2D eigenvalue weighted by molar-refractivity contribution is 9.10. The molecule has 1 amide bonds. The SMILES string of the molecule is CN(C)C(=O)c1ccccc1NCc1cc(Br)c(Cl)s1. The van der Waals surface area contributed by atoms with E-state index < -0.39 is 0 Å². The van der Waals surface area contributed by atoms with Crippen LogP contribution in [0.5, 0.6) is 0 Å². The van der Waals surface area contributed by atoms with Crippen LogP contribution in [-0.2, 0) is 6.54 Å². The molecule has 0 saturated heterocycles. The number of carbonyl (C=O) groups excluding carboxylic acids is 1. The molecule has 0 fully saturated rings. The van der Waals surface area contributed by atoms with E-state index in [0.29, 0.717) is 12.1 Å². The first-order valence-electron chi connectivity index (χ1n) is 5.97. The van der Waals surface area contributed by atoms with E-state index in [1.54, 1.807) is 19.0 Å². The second kappa shape index (κ2) is 6.61. The van der Waals surface area contributed by atoms with Gasteiger partial charge in [-0.25, -0.2) is 0 Å². The minimum Gasteiger partial charge on any atom is -0.380 e. The zero-order valence-corrected chi connectivity index (χ0v) is 14.3. The molecule has 0 spiro atoms. The highest BCUT2D eigenvalue weighted by Gasteiger charge is 2.13. The number of benzene rings is 1. The second-order valence-electron chi connectivity index (χ2n) is 4.43. The molecule has 6 heteroatoms. The molecule has 0 aliphatic heterocycles. The third-order valence-electron chi connectivity index (χ3n) is 2.71. The predicted molar refractivity (Wildman–Crippen MR) is 88.8 cm³/mol. The summed E-state index contributed by atoms with van der Waals surface area (Å²) in [6, 6.07) is 9.48. The van der Waals surface area contributed by atoms with Crippen LogP contribution in [0.4, 0.5) is 5.69 Å². The highest BCUT2D eigenvalue weighted by atomic mass is 79.9.